The number of aryl methyl sites for hydroxylation is 2. The van der Waals surface area contributed by atoms with Gasteiger partial charge in [-0.2, -0.15) is 0 Å². The summed E-state index contributed by atoms with van der Waals surface area (Å²) in [5, 5.41) is 13.4. The summed E-state index contributed by atoms with van der Waals surface area (Å²) < 4.78 is 0. The summed E-state index contributed by atoms with van der Waals surface area (Å²) >= 11 is 0. The average molecular weight is 247 g/mol. The van der Waals surface area contributed by atoms with Gasteiger partial charge < -0.3 is 10.4 Å². The van der Waals surface area contributed by atoms with Crippen molar-refractivity contribution in [3.63, 3.8) is 0 Å². The lowest BCUT2D eigenvalue weighted by atomic mass is 9.92. The monoisotopic (exact) mass is 247 g/mol. The lowest BCUT2D eigenvalue weighted by Crippen LogP contribution is -2.36. The number of rotatable bonds is 4. The largest absolute Gasteiger partial charge is 0.394 e. The fourth-order valence-electron chi connectivity index (χ4n) is 3.16. The summed E-state index contributed by atoms with van der Waals surface area (Å²) in [7, 11) is 0. The van der Waals surface area contributed by atoms with Crippen LogP contribution in [-0.2, 0) is 0 Å². The molecule has 0 saturated heterocycles. The molecule has 1 fully saturated rings. The Morgan fingerprint density at radius 1 is 1.17 bits per heavy atom. The molecule has 18 heavy (non-hydrogen) atoms. The quantitative estimate of drug-likeness (QED) is 0.856. The van der Waals surface area contributed by atoms with Crippen LogP contribution in [0.3, 0.4) is 0 Å². The van der Waals surface area contributed by atoms with Crippen LogP contribution in [-0.4, -0.2) is 17.8 Å². The van der Waals surface area contributed by atoms with E-state index in [4.69, 9.17) is 0 Å². The van der Waals surface area contributed by atoms with Crippen LogP contribution in [0, 0.1) is 13.8 Å². The Morgan fingerprint density at radius 3 is 2.33 bits per heavy atom. The molecule has 0 amide bonds. The van der Waals surface area contributed by atoms with Gasteiger partial charge in [-0.05, 0) is 43.4 Å². The van der Waals surface area contributed by atoms with Gasteiger partial charge in [-0.1, -0.05) is 37.5 Å². The van der Waals surface area contributed by atoms with E-state index in [1.807, 2.05) is 0 Å². The molecule has 0 heterocycles. The van der Waals surface area contributed by atoms with E-state index in [1.165, 1.54) is 48.8 Å². The summed E-state index contributed by atoms with van der Waals surface area (Å²) in [5.74, 6) is 0. The van der Waals surface area contributed by atoms with Gasteiger partial charge in [0, 0.05) is 6.04 Å². The van der Waals surface area contributed by atoms with Crippen molar-refractivity contribution in [2.45, 2.75) is 58.0 Å². The van der Waals surface area contributed by atoms with E-state index in [2.05, 4.69) is 37.4 Å². The van der Waals surface area contributed by atoms with Crippen LogP contribution in [0.4, 0.5) is 0 Å². The predicted octanol–water partition coefficient (Wildman–Crippen LogP) is 3.26. The number of benzene rings is 1. The van der Waals surface area contributed by atoms with Gasteiger partial charge in [0.05, 0.1) is 12.6 Å². The maximum absolute atomic E-state index is 9.70. The molecule has 0 bridgehead atoms. The third-order valence-corrected chi connectivity index (χ3v) is 4.12. The van der Waals surface area contributed by atoms with E-state index < -0.39 is 0 Å². The Kier molecular flexibility index (Phi) is 4.79. The minimum absolute atomic E-state index is 0.0919. The first kappa shape index (κ1) is 13.6. The fraction of sp³-hybridized carbons (Fsp3) is 0.625. The standard InChI is InChI=1S/C16H25NO/c1-12-7-6-8-13(2)16(12)15(11-18)17-14-9-4-3-5-10-14/h6-8,14-15,17-18H,3-5,9-11H2,1-2H3. The molecule has 2 heteroatoms. The van der Waals surface area contributed by atoms with Crippen molar-refractivity contribution in [1.82, 2.24) is 5.32 Å². The third kappa shape index (κ3) is 3.12. The van der Waals surface area contributed by atoms with Gasteiger partial charge in [0.25, 0.3) is 0 Å². The molecule has 0 aromatic heterocycles. The van der Waals surface area contributed by atoms with Gasteiger partial charge in [-0.3, -0.25) is 0 Å². The molecule has 0 radical (unpaired) electrons. The van der Waals surface area contributed by atoms with Crippen molar-refractivity contribution in [2.24, 2.45) is 0 Å². The Labute approximate surface area is 110 Å². The minimum atomic E-state index is 0.0919. The van der Waals surface area contributed by atoms with Crippen LogP contribution in [0.1, 0.15) is 54.8 Å². The van der Waals surface area contributed by atoms with E-state index >= 15 is 0 Å². The van der Waals surface area contributed by atoms with Gasteiger partial charge in [-0.15, -0.1) is 0 Å². The van der Waals surface area contributed by atoms with Crippen LogP contribution >= 0.6 is 0 Å². The lowest BCUT2D eigenvalue weighted by Gasteiger charge is -2.29. The molecule has 1 aromatic rings. The summed E-state index contributed by atoms with van der Waals surface area (Å²) in [4.78, 5) is 0. The Balaban J connectivity index is 2.12. The SMILES string of the molecule is Cc1cccc(C)c1C(CO)NC1CCCCC1. The highest BCUT2D eigenvalue weighted by Gasteiger charge is 2.20. The van der Waals surface area contributed by atoms with Gasteiger partial charge >= 0.3 is 0 Å². The second-order valence-electron chi connectivity index (χ2n) is 5.54. The Morgan fingerprint density at radius 2 is 1.78 bits per heavy atom. The van der Waals surface area contributed by atoms with Crippen LogP contribution in [0.2, 0.25) is 0 Å². The molecule has 2 nitrogen and oxygen atoms in total. The lowest BCUT2D eigenvalue weighted by molar-refractivity contribution is 0.219. The molecule has 1 aliphatic carbocycles. The normalized spacial score (nSPS) is 18.8. The van der Waals surface area contributed by atoms with Crippen LogP contribution in [0.15, 0.2) is 18.2 Å². The number of aliphatic hydroxyl groups is 1. The maximum atomic E-state index is 9.70. The van der Waals surface area contributed by atoms with Crippen LogP contribution in [0.25, 0.3) is 0 Å². The zero-order chi connectivity index (χ0) is 13.0. The van der Waals surface area contributed by atoms with Gasteiger partial charge in [0.2, 0.25) is 0 Å². The molecule has 1 aromatic carbocycles. The Hall–Kier alpha value is -0.860. The summed E-state index contributed by atoms with van der Waals surface area (Å²) in [6.45, 7) is 4.45. The van der Waals surface area contributed by atoms with Crippen molar-refractivity contribution in [3.05, 3.63) is 34.9 Å². The highest BCUT2D eigenvalue weighted by Crippen LogP contribution is 2.25. The highest BCUT2D eigenvalue weighted by molar-refractivity contribution is 5.36. The number of hydrogen-bond donors (Lipinski definition) is 2. The fourth-order valence-corrected chi connectivity index (χ4v) is 3.16. The molecule has 2 rings (SSSR count). The molecule has 1 atom stereocenters. The van der Waals surface area contributed by atoms with Crippen molar-refractivity contribution in [1.29, 1.82) is 0 Å². The van der Waals surface area contributed by atoms with E-state index in [9.17, 15) is 5.11 Å². The second-order valence-corrected chi connectivity index (χ2v) is 5.54. The van der Waals surface area contributed by atoms with Crippen molar-refractivity contribution >= 4 is 0 Å². The molecule has 100 valence electrons. The van der Waals surface area contributed by atoms with Crippen LogP contribution < -0.4 is 5.32 Å². The van der Waals surface area contributed by atoms with Crippen LogP contribution in [0.5, 0.6) is 0 Å². The van der Waals surface area contributed by atoms with Crippen molar-refractivity contribution < 1.29 is 5.11 Å². The van der Waals surface area contributed by atoms with Gasteiger partial charge in [0.15, 0.2) is 0 Å². The summed E-state index contributed by atoms with van der Waals surface area (Å²) in [6, 6.07) is 7.02. The first-order valence-electron chi connectivity index (χ1n) is 7.15. The van der Waals surface area contributed by atoms with Crippen molar-refractivity contribution in [3.8, 4) is 0 Å². The third-order valence-electron chi connectivity index (χ3n) is 4.12. The second kappa shape index (κ2) is 6.35. The van der Waals surface area contributed by atoms with Gasteiger partial charge in [0.1, 0.15) is 0 Å². The molecule has 1 aliphatic rings. The first-order valence-corrected chi connectivity index (χ1v) is 7.15. The molecule has 1 saturated carbocycles. The predicted molar refractivity (Wildman–Crippen MR) is 75.8 cm³/mol. The summed E-state index contributed by atoms with van der Waals surface area (Å²) in [5.41, 5.74) is 3.83. The smallest absolute Gasteiger partial charge is 0.0626 e. The number of nitrogens with one attached hydrogen (secondary N) is 1. The molecule has 2 N–H and O–H groups in total. The molecular formula is C16H25NO. The topological polar surface area (TPSA) is 32.3 Å². The highest BCUT2D eigenvalue weighted by atomic mass is 16.3. The summed E-state index contributed by atoms with van der Waals surface area (Å²) in [6.07, 6.45) is 6.51. The Bertz CT molecular complexity index is 362. The van der Waals surface area contributed by atoms with E-state index in [1.54, 1.807) is 0 Å². The number of aliphatic hydroxyl groups excluding tert-OH is 1. The minimum Gasteiger partial charge on any atom is -0.394 e. The van der Waals surface area contributed by atoms with Gasteiger partial charge in [-0.25, -0.2) is 0 Å². The first-order chi connectivity index (χ1) is 8.72. The van der Waals surface area contributed by atoms with Crippen molar-refractivity contribution in [2.75, 3.05) is 6.61 Å². The van der Waals surface area contributed by atoms with E-state index in [0.29, 0.717) is 6.04 Å². The zero-order valence-electron chi connectivity index (χ0n) is 11.6. The average Bonchev–Trinajstić information content (AvgIpc) is 2.38. The molecule has 0 aliphatic heterocycles. The molecule has 0 spiro atoms. The van der Waals surface area contributed by atoms with E-state index in [-0.39, 0.29) is 12.6 Å². The molecule has 1 unspecified atom stereocenters. The maximum Gasteiger partial charge on any atom is 0.0626 e. The number of hydrogen-bond acceptors (Lipinski definition) is 2. The zero-order valence-corrected chi connectivity index (χ0v) is 11.6. The van der Waals surface area contributed by atoms with E-state index in [0.717, 1.165) is 0 Å². The molecular weight excluding hydrogens is 222 g/mol.